The molecule has 2 heterocycles. The Kier molecular flexibility index (Phi) is 6.06. The molecular weight excluding hydrogens is 268 g/mol. The van der Waals surface area contributed by atoms with Crippen LogP contribution in [0.2, 0.25) is 0 Å². The first-order chi connectivity index (χ1) is 9.72. The zero-order chi connectivity index (χ0) is 14.4. The summed E-state index contributed by atoms with van der Waals surface area (Å²) in [5.41, 5.74) is 1.08. The van der Waals surface area contributed by atoms with Crippen LogP contribution in [-0.4, -0.2) is 53.7 Å². The highest BCUT2D eigenvalue weighted by Gasteiger charge is 2.22. The van der Waals surface area contributed by atoms with Gasteiger partial charge in [-0.1, -0.05) is 18.8 Å². The summed E-state index contributed by atoms with van der Waals surface area (Å²) in [5, 5.41) is 10.8. The van der Waals surface area contributed by atoms with Gasteiger partial charge in [0.2, 0.25) is 0 Å². The fraction of sp³-hybridized carbons (Fsp3) is 0.625. The van der Waals surface area contributed by atoms with Crippen LogP contribution in [-0.2, 0) is 6.54 Å². The summed E-state index contributed by atoms with van der Waals surface area (Å²) in [6.07, 6.45) is 0.557. The maximum atomic E-state index is 8.72. The van der Waals surface area contributed by atoms with Gasteiger partial charge < -0.3 is 5.11 Å². The number of piperazine rings is 1. The van der Waals surface area contributed by atoms with Gasteiger partial charge in [0.15, 0.2) is 0 Å². The Morgan fingerprint density at radius 1 is 1.45 bits per heavy atom. The van der Waals surface area contributed by atoms with Crippen molar-refractivity contribution < 1.29 is 5.11 Å². The summed E-state index contributed by atoms with van der Waals surface area (Å²) < 4.78 is 0. The monoisotopic (exact) mass is 292 g/mol. The number of aliphatic hydroxyl groups is 1. The second-order valence-electron chi connectivity index (χ2n) is 5.29. The van der Waals surface area contributed by atoms with Gasteiger partial charge >= 0.3 is 0 Å². The average Bonchev–Trinajstić information content (AvgIpc) is 2.87. The molecule has 3 nitrogen and oxygen atoms in total. The largest absolute Gasteiger partial charge is 0.395 e. The predicted molar refractivity (Wildman–Crippen MR) is 84.9 cm³/mol. The highest BCUT2D eigenvalue weighted by atomic mass is 32.1. The van der Waals surface area contributed by atoms with E-state index in [4.69, 9.17) is 5.11 Å². The molecule has 1 atom stereocenters. The fourth-order valence-electron chi connectivity index (χ4n) is 2.65. The molecule has 2 rings (SSSR count). The Morgan fingerprint density at radius 2 is 2.30 bits per heavy atom. The molecule has 1 unspecified atom stereocenters. The summed E-state index contributed by atoms with van der Waals surface area (Å²) in [6, 6.07) is 2.84. The van der Waals surface area contributed by atoms with Gasteiger partial charge in [-0.05, 0) is 19.5 Å². The minimum Gasteiger partial charge on any atom is -0.395 e. The van der Waals surface area contributed by atoms with E-state index in [1.807, 2.05) is 0 Å². The number of aliphatic hydroxyl groups excluding tert-OH is 1. The number of thiophene rings is 1. The molecule has 0 amide bonds. The topological polar surface area (TPSA) is 26.7 Å². The summed E-state index contributed by atoms with van der Waals surface area (Å²) in [5.74, 6) is 6.08. The maximum Gasteiger partial charge on any atom is 0.0540 e. The normalized spacial score (nSPS) is 20.6. The van der Waals surface area contributed by atoms with Crippen LogP contribution in [0.3, 0.4) is 0 Å². The molecule has 20 heavy (non-hydrogen) atoms. The molecule has 0 spiro atoms. The van der Waals surface area contributed by atoms with Crippen LogP contribution in [0, 0.1) is 11.8 Å². The third-order valence-electron chi connectivity index (χ3n) is 3.76. The summed E-state index contributed by atoms with van der Waals surface area (Å²) >= 11 is 1.79. The third kappa shape index (κ3) is 4.32. The smallest absolute Gasteiger partial charge is 0.0540 e. The molecule has 0 bridgehead atoms. The molecule has 1 saturated heterocycles. The molecule has 1 aromatic heterocycles. The molecular formula is C16H24N2OS. The first-order valence-corrected chi connectivity index (χ1v) is 8.24. The van der Waals surface area contributed by atoms with E-state index < -0.39 is 0 Å². The first kappa shape index (κ1) is 15.5. The summed E-state index contributed by atoms with van der Waals surface area (Å²) in [6.45, 7) is 10.4. The first-order valence-electron chi connectivity index (χ1n) is 7.36. The van der Waals surface area contributed by atoms with Crippen molar-refractivity contribution in [3.63, 3.8) is 0 Å². The highest BCUT2D eigenvalue weighted by molar-refractivity contribution is 7.10. The van der Waals surface area contributed by atoms with Crippen molar-refractivity contribution in [1.82, 2.24) is 9.80 Å². The van der Waals surface area contributed by atoms with Gasteiger partial charge in [-0.2, -0.15) is 0 Å². The number of likely N-dealkylation sites (N-methyl/N-ethyl adjacent to an activating group) is 1. The average molecular weight is 292 g/mol. The molecule has 0 aliphatic carbocycles. The van der Waals surface area contributed by atoms with Crippen molar-refractivity contribution in [2.24, 2.45) is 0 Å². The molecule has 0 aromatic carbocycles. The van der Waals surface area contributed by atoms with Crippen molar-refractivity contribution >= 4 is 11.3 Å². The molecule has 1 fully saturated rings. The Hall–Kier alpha value is -0.860. The minimum atomic E-state index is 0.142. The lowest BCUT2D eigenvalue weighted by Crippen LogP contribution is -2.51. The molecule has 4 heteroatoms. The van der Waals surface area contributed by atoms with Crippen LogP contribution in [0.5, 0.6) is 0 Å². The van der Waals surface area contributed by atoms with Crippen LogP contribution >= 0.6 is 11.3 Å². The van der Waals surface area contributed by atoms with E-state index in [-0.39, 0.29) is 6.61 Å². The van der Waals surface area contributed by atoms with Crippen molar-refractivity contribution in [2.45, 2.75) is 32.9 Å². The van der Waals surface area contributed by atoms with Gasteiger partial charge in [0.25, 0.3) is 0 Å². The van der Waals surface area contributed by atoms with Gasteiger partial charge in [0, 0.05) is 54.5 Å². The van der Waals surface area contributed by atoms with Crippen LogP contribution in [0.1, 0.15) is 30.7 Å². The van der Waals surface area contributed by atoms with Gasteiger partial charge in [-0.15, -0.1) is 11.3 Å². The second-order valence-corrected chi connectivity index (χ2v) is 6.29. The Labute approximate surface area is 126 Å². The third-order valence-corrected chi connectivity index (χ3v) is 4.68. The van der Waals surface area contributed by atoms with Crippen LogP contribution in [0.25, 0.3) is 0 Å². The van der Waals surface area contributed by atoms with Gasteiger partial charge in [-0.25, -0.2) is 0 Å². The number of nitrogens with zero attached hydrogens (tertiary/aromatic N) is 2. The molecule has 0 radical (unpaired) electrons. The minimum absolute atomic E-state index is 0.142. The van der Waals surface area contributed by atoms with Crippen molar-refractivity contribution in [3.8, 4) is 11.8 Å². The van der Waals surface area contributed by atoms with Gasteiger partial charge in [-0.3, -0.25) is 9.80 Å². The van der Waals surface area contributed by atoms with E-state index in [0.717, 1.165) is 31.7 Å². The van der Waals surface area contributed by atoms with Crippen molar-refractivity contribution in [2.75, 3.05) is 32.8 Å². The second kappa shape index (κ2) is 7.80. The predicted octanol–water partition coefficient (Wildman–Crippen LogP) is 2.01. The Bertz CT molecular complexity index is 474. The number of hydrogen-bond acceptors (Lipinski definition) is 4. The fourth-order valence-corrected chi connectivity index (χ4v) is 3.51. The molecule has 1 N–H and O–H groups in total. The Balaban J connectivity index is 1.87. The molecule has 1 aliphatic rings. The lowest BCUT2D eigenvalue weighted by atomic mass is 10.2. The van der Waals surface area contributed by atoms with E-state index in [0.29, 0.717) is 12.5 Å². The molecule has 1 aromatic rings. The summed E-state index contributed by atoms with van der Waals surface area (Å²) in [7, 11) is 0. The van der Waals surface area contributed by atoms with Crippen molar-refractivity contribution in [1.29, 1.82) is 0 Å². The van der Waals surface area contributed by atoms with Gasteiger partial charge in [0.1, 0.15) is 0 Å². The Morgan fingerprint density at radius 3 is 3.00 bits per heavy atom. The standard InChI is InChI=1S/C16H24N2OS/c1-3-18-8-7-17(11-14(18)2)12-16-10-15(13-20-16)6-4-5-9-19/h10,13-14,19H,3,5,7-9,11-12H2,1-2H3. The lowest BCUT2D eigenvalue weighted by molar-refractivity contribution is 0.0841. The van der Waals surface area contributed by atoms with Crippen molar-refractivity contribution in [3.05, 3.63) is 21.9 Å². The number of rotatable bonds is 4. The molecule has 110 valence electrons. The van der Waals surface area contributed by atoms with Gasteiger partial charge in [0.05, 0.1) is 6.61 Å². The number of hydrogen-bond donors (Lipinski definition) is 1. The van der Waals surface area contributed by atoms with E-state index in [2.05, 4.69) is 46.9 Å². The van der Waals surface area contributed by atoms with Crippen LogP contribution < -0.4 is 0 Å². The lowest BCUT2D eigenvalue weighted by Gasteiger charge is -2.39. The van der Waals surface area contributed by atoms with E-state index in [1.54, 1.807) is 11.3 Å². The van der Waals surface area contributed by atoms with E-state index in [9.17, 15) is 0 Å². The summed E-state index contributed by atoms with van der Waals surface area (Å²) in [4.78, 5) is 6.46. The molecule has 1 aliphatic heterocycles. The zero-order valence-electron chi connectivity index (χ0n) is 12.4. The zero-order valence-corrected chi connectivity index (χ0v) is 13.2. The molecule has 0 saturated carbocycles. The SMILES string of the molecule is CCN1CCN(Cc2cc(C#CCCO)cs2)CC1C. The highest BCUT2D eigenvalue weighted by Crippen LogP contribution is 2.18. The van der Waals surface area contributed by atoms with Crippen LogP contribution in [0.4, 0.5) is 0 Å². The van der Waals surface area contributed by atoms with E-state index >= 15 is 0 Å². The maximum absolute atomic E-state index is 8.72. The van der Waals surface area contributed by atoms with Crippen LogP contribution in [0.15, 0.2) is 11.4 Å². The van der Waals surface area contributed by atoms with E-state index in [1.165, 1.54) is 11.4 Å². The quantitative estimate of drug-likeness (QED) is 0.860.